The SMILES string of the molecule is Cc1cc(CNC(=O)c2cc(C(=O)NC[C@H]3CCNC3)n3ncnc3n2)ccc1F.Cl. The summed E-state index contributed by atoms with van der Waals surface area (Å²) in [5, 5.41) is 12.9. The lowest BCUT2D eigenvalue weighted by Crippen LogP contribution is -2.32. The fourth-order valence-electron chi connectivity index (χ4n) is 3.40. The molecule has 0 bridgehead atoms. The van der Waals surface area contributed by atoms with Gasteiger partial charge in [-0.25, -0.2) is 9.37 Å². The fourth-order valence-corrected chi connectivity index (χ4v) is 3.40. The number of halogens is 2. The summed E-state index contributed by atoms with van der Waals surface area (Å²) in [5.74, 6) is -0.565. The Kier molecular flexibility index (Phi) is 7.13. The Bertz CT molecular complexity index is 1100. The van der Waals surface area contributed by atoms with Crippen LogP contribution in [0.3, 0.4) is 0 Å². The number of benzene rings is 1. The quantitative estimate of drug-likeness (QED) is 0.524. The highest BCUT2D eigenvalue weighted by atomic mass is 35.5. The Hall–Kier alpha value is -3.11. The highest BCUT2D eigenvalue weighted by Gasteiger charge is 2.20. The van der Waals surface area contributed by atoms with Crippen molar-refractivity contribution in [3.8, 4) is 0 Å². The number of carbonyl (C=O) groups excluding carboxylic acids is 2. The van der Waals surface area contributed by atoms with Crippen LogP contribution in [0.1, 0.15) is 38.5 Å². The second kappa shape index (κ2) is 9.80. The zero-order chi connectivity index (χ0) is 21.1. The molecule has 0 spiro atoms. The van der Waals surface area contributed by atoms with Crippen molar-refractivity contribution >= 4 is 30.0 Å². The van der Waals surface area contributed by atoms with Crippen molar-refractivity contribution < 1.29 is 14.0 Å². The van der Waals surface area contributed by atoms with Crippen molar-refractivity contribution in [2.45, 2.75) is 19.9 Å². The van der Waals surface area contributed by atoms with E-state index in [-0.39, 0.29) is 47.8 Å². The zero-order valence-corrected chi connectivity index (χ0v) is 17.7. The molecule has 31 heavy (non-hydrogen) atoms. The normalized spacial score (nSPS) is 15.5. The van der Waals surface area contributed by atoms with Gasteiger partial charge in [0.15, 0.2) is 0 Å². The summed E-state index contributed by atoms with van der Waals surface area (Å²) < 4.78 is 14.7. The molecule has 1 aliphatic heterocycles. The van der Waals surface area contributed by atoms with Crippen molar-refractivity contribution in [2.24, 2.45) is 5.92 Å². The first-order chi connectivity index (χ1) is 14.5. The molecular weight excluding hydrogens is 425 g/mol. The molecule has 1 fully saturated rings. The van der Waals surface area contributed by atoms with E-state index >= 15 is 0 Å². The second-order valence-electron chi connectivity index (χ2n) is 7.33. The zero-order valence-electron chi connectivity index (χ0n) is 16.9. The number of nitrogens with one attached hydrogen (secondary N) is 3. The van der Waals surface area contributed by atoms with Crippen LogP contribution in [0.4, 0.5) is 4.39 Å². The third kappa shape index (κ3) is 5.15. The maximum absolute atomic E-state index is 13.4. The minimum Gasteiger partial charge on any atom is -0.350 e. The lowest BCUT2D eigenvalue weighted by atomic mass is 10.1. The first-order valence-corrected chi connectivity index (χ1v) is 9.74. The molecule has 4 rings (SSSR count). The summed E-state index contributed by atoms with van der Waals surface area (Å²) >= 11 is 0. The van der Waals surface area contributed by atoms with Crippen LogP contribution < -0.4 is 16.0 Å². The summed E-state index contributed by atoms with van der Waals surface area (Å²) in [6.45, 7) is 4.21. The molecule has 0 aliphatic carbocycles. The minimum absolute atomic E-state index is 0. The largest absolute Gasteiger partial charge is 0.350 e. The van der Waals surface area contributed by atoms with E-state index in [1.807, 2.05) is 0 Å². The molecule has 0 unspecified atom stereocenters. The molecule has 2 aromatic heterocycles. The maximum atomic E-state index is 13.4. The van der Waals surface area contributed by atoms with Gasteiger partial charge in [-0.3, -0.25) is 9.59 Å². The molecule has 0 saturated carbocycles. The molecule has 0 radical (unpaired) electrons. The molecule has 9 nitrogen and oxygen atoms in total. The van der Waals surface area contributed by atoms with E-state index < -0.39 is 5.91 Å². The number of rotatable bonds is 6. The molecule has 11 heteroatoms. The molecular formula is C20H23ClFN7O2. The highest BCUT2D eigenvalue weighted by Crippen LogP contribution is 2.11. The Morgan fingerprint density at radius 1 is 1.26 bits per heavy atom. The smallest absolute Gasteiger partial charge is 0.270 e. The number of fused-ring (bicyclic) bond motifs is 1. The van der Waals surface area contributed by atoms with Gasteiger partial charge in [-0.15, -0.1) is 12.4 Å². The van der Waals surface area contributed by atoms with Crippen molar-refractivity contribution in [1.29, 1.82) is 0 Å². The summed E-state index contributed by atoms with van der Waals surface area (Å²) in [7, 11) is 0. The molecule has 1 aliphatic rings. The first kappa shape index (κ1) is 22.6. The third-order valence-corrected chi connectivity index (χ3v) is 5.11. The van der Waals surface area contributed by atoms with Gasteiger partial charge in [-0.05, 0) is 49.5 Å². The van der Waals surface area contributed by atoms with E-state index in [4.69, 9.17) is 0 Å². The molecule has 2 amide bonds. The monoisotopic (exact) mass is 447 g/mol. The van der Waals surface area contributed by atoms with Gasteiger partial charge in [0.05, 0.1) is 0 Å². The molecule has 1 saturated heterocycles. The van der Waals surface area contributed by atoms with E-state index in [0.29, 0.717) is 18.0 Å². The van der Waals surface area contributed by atoms with Gasteiger partial charge in [-0.2, -0.15) is 14.6 Å². The van der Waals surface area contributed by atoms with E-state index in [1.165, 1.54) is 23.0 Å². The van der Waals surface area contributed by atoms with Gasteiger partial charge in [0.25, 0.3) is 17.6 Å². The Morgan fingerprint density at radius 2 is 2.10 bits per heavy atom. The van der Waals surface area contributed by atoms with E-state index in [1.54, 1.807) is 19.1 Å². The average Bonchev–Trinajstić information content (AvgIpc) is 3.43. The van der Waals surface area contributed by atoms with Crippen molar-refractivity contribution in [3.63, 3.8) is 0 Å². The lowest BCUT2D eigenvalue weighted by molar-refractivity contribution is 0.0940. The van der Waals surface area contributed by atoms with Crippen LogP contribution in [-0.4, -0.2) is 51.0 Å². The lowest BCUT2D eigenvalue weighted by Gasteiger charge is -2.11. The highest BCUT2D eigenvalue weighted by molar-refractivity contribution is 5.98. The number of amides is 2. The number of carbonyl (C=O) groups is 2. The summed E-state index contributed by atoms with van der Waals surface area (Å²) in [5.41, 5.74) is 1.50. The van der Waals surface area contributed by atoms with Crippen LogP contribution >= 0.6 is 12.4 Å². The van der Waals surface area contributed by atoms with Gasteiger partial charge >= 0.3 is 0 Å². The van der Waals surface area contributed by atoms with E-state index in [2.05, 4.69) is 31.0 Å². The van der Waals surface area contributed by atoms with Crippen LogP contribution in [0.5, 0.6) is 0 Å². The first-order valence-electron chi connectivity index (χ1n) is 9.74. The van der Waals surface area contributed by atoms with Crippen LogP contribution in [0.15, 0.2) is 30.6 Å². The van der Waals surface area contributed by atoms with Crippen LogP contribution in [0, 0.1) is 18.7 Å². The van der Waals surface area contributed by atoms with Crippen molar-refractivity contribution in [3.05, 3.63) is 58.9 Å². The average molecular weight is 448 g/mol. The third-order valence-electron chi connectivity index (χ3n) is 5.11. The minimum atomic E-state index is -0.462. The van der Waals surface area contributed by atoms with E-state index in [9.17, 15) is 14.0 Å². The number of hydrogen-bond donors (Lipinski definition) is 3. The predicted molar refractivity (Wildman–Crippen MR) is 114 cm³/mol. The molecule has 1 atom stereocenters. The fraction of sp³-hybridized carbons (Fsp3) is 0.350. The summed E-state index contributed by atoms with van der Waals surface area (Å²) in [4.78, 5) is 33.6. The van der Waals surface area contributed by atoms with Crippen LogP contribution in [-0.2, 0) is 6.54 Å². The molecule has 164 valence electrons. The van der Waals surface area contributed by atoms with Crippen LogP contribution in [0.25, 0.3) is 5.78 Å². The van der Waals surface area contributed by atoms with Crippen LogP contribution in [0.2, 0.25) is 0 Å². The van der Waals surface area contributed by atoms with Crippen molar-refractivity contribution in [2.75, 3.05) is 19.6 Å². The second-order valence-corrected chi connectivity index (χ2v) is 7.33. The molecule has 3 aromatic rings. The Balaban J connectivity index is 0.00000272. The number of nitrogens with zero attached hydrogens (tertiary/aromatic N) is 4. The van der Waals surface area contributed by atoms with Gasteiger partial charge in [0.1, 0.15) is 23.5 Å². The number of aryl methyl sites for hydroxylation is 1. The van der Waals surface area contributed by atoms with Gasteiger partial charge < -0.3 is 16.0 Å². The number of hydrogen-bond acceptors (Lipinski definition) is 6. The predicted octanol–water partition coefficient (Wildman–Crippen LogP) is 1.26. The van der Waals surface area contributed by atoms with Gasteiger partial charge in [0, 0.05) is 19.2 Å². The summed E-state index contributed by atoms with van der Waals surface area (Å²) in [6, 6.07) is 6.03. The summed E-state index contributed by atoms with van der Waals surface area (Å²) in [6.07, 6.45) is 2.29. The maximum Gasteiger partial charge on any atom is 0.270 e. The van der Waals surface area contributed by atoms with Gasteiger partial charge in [0.2, 0.25) is 0 Å². The molecule has 3 heterocycles. The molecule has 1 aromatic carbocycles. The van der Waals surface area contributed by atoms with Crippen molar-refractivity contribution in [1.82, 2.24) is 35.5 Å². The number of aromatic nitrogens is 4. The molecule has 3 N–H and O–H groups in total. The Morgan fingerprint density at radius 3 is 2.84 bits per heavy atom. The Labute approximate surface area is 184 Å². The standard InChI is InChI=1S/C20H22FN7O2.ClH/c1-12-6-13(2-3-15(12)21)9-23-18(29)16-7-17(28-20(27-16)25-11-26-28)19(30)24-10-14-4-5-22-8-14;/h2-3,6-7,11,14,22H,4-5,8-10H2,1H3,(H,23,29)(H,24,30);1H/t14-;/m0./s1. The van der Waals surface area contributed by atoms with E-state index in [0.717, 1.165) is 25.1 Å². The topological polar surface area (TPSA) is 113 Å². The van der Waals surface area contributed by atoms with Gasteiger partial charge in [-0.1, -0.05) is 12.1 Å².